The molecule has 0 aliphatic rings. The first-order chi connectivity index (χ1) is 13.0. The van der Waals surface area contributed by atoms with E-state index >= 15 is 0 Å². The van der Waals surface area contributed by atoms with E-state index in [9.17, 15) is 13.2 Å². The Kier molecular flexibility index (Phi) is 5.48. The van der Waals surface area contributed by atoms with Crippen molar-refractivity contribution in [1.29, 1.82) is 0 Å². The molecule has 3 rings (SSSR count). The van der Waals surface area contributed by atoms with Crippen molar-refractivity contribution < 1.29 is 22.7 Å². The van der Waals surface area contributed by atoms with Gasteiger partial charge in [0.2, 0.25) is 0 Å². The number of thiophene rings is 1. The lowest BCUT2D eigenvalue weighted by atomic mass is 10.1. The maximum absolute atomic E-state index is 13.1. The average Bonchev–Trinajstić information content (AvgIpc) is 3.14. The molecule has 0 spiro atoms. The van der Waals surface area contributed by atoms with Crippen molar-refractivity contribution >= 4 is 33.0 Å². The van der Waals surface area contributed by atoms with Crippen LogP contribution in [0.1, 0.15) is 9.67 Å². The molecule has 1 heterocycles. The van der Waals surface area contributed by atoms with Gasteiger partial charge in [0.1, 0.15) is 15.5 Å². The van der Waals surface area contributed by atoms with E-state index in [-0.39, 0.29) is 9.77 Å². The molecular formula is C19H17NO5S2. The molecule has 2 aromatic carbocycles. The van der Waals surface area contributed by atoms with Crippen LogP contribution in [0.5, 0.6) is 5.75 Å². The fourth-order valence-electron chi connectivity index (χ4n) is 2.56. The molecular weight excluding hydrogens is 386 g/mol. The molecule has 0 atom stereocenters. The number of ether oxygens (including phenoxy) is 2. The van der Waals surface area contributed by atoms with Crippen molar-refractivity contribution in [2.45, 2.75) is 4.90 Å². The summed E-state index contributed by atoms with van der Waals surface area (Å²) in [4.78, 5) is 12.1. The van der Waals surface area contributed by atoms with E-state index in [1.807, 2.05) is 6.07 Å². The van der Waals surface area contributed by atoms with Gasteiger partial charge in [0.25, 0.3) is 10.0 Å². The SMILES string of the molecule is COC(=O)c1scc(-c2ccccc2)c1S(=O)(=O)Nc1cccc(OC)c1. The second-order valence-corrected chi connectivity index (χ2v) is 8.00. The number of hydrogen-bond donors (Lipinski definition) is 1. The Morgan fingerprint density at radius 2 is 1.78 bits per heavy atom. The molecule has 0 radical (unpaired) electrons. The van der Waals surface area contributed by atoms with Gasteiger partial charge in [-0.15, -0.1) is 11.3 Å². The van der Waals surface area contributed by atoms with Gasteiger partial charge in [-0.1, -0.05) is 36.4 Å². The average molecular weight is 403 g/mol. The fourth-order valence-corrected chi connectivity index (χ4v) is 5.32. The molecule has 27 heavy (non-hydrogen) atoms. The zero-order valence-corrected chi connectivity index (χ0v) is 16.3. The Morgan fingerprint density at radius 1 is 1.04 bits per heavy atom. The van der Waals surface area contributed by atoms with Crippen LogP contribution in [0.15, 0.2) is 64.9 Å². The van der Waals surface area contributed by atoms with E-state index in [4.69, 9.17) is 9.47 Å². The summed E-state index contributed by atoms with van der Waals surface area (Å²) in [6.07, 6.45) is 0. The number of methoxy groups -OCH3 is 2. The summed E-state index contributed by atoms with van der Waals surface area (Å²) in [5, 5.41) is 1.64. The number of carbonyl (C=O) groups excluding carboxylic acids is 1. The second kappa shape index (κ2) is 7.81. The van der Waals surface area contributed by atoms with E-state index in [1.54, 1.807) is 53.9 Å². The molecule has 0 bridgehead atoms. The Morgan fingerprint density at radius 3 is 2.44 bits per heavy atom. The van der Waals surface area contributed by atoms with Gasteiger partial charge in [-0.2, -0.15) is 0 Å². The zero-order valence-electron chi connectivity index (χ0n) is 14.6. The van der Waals surface area contributed by atoms with E-state index in [2.05, 4.69) is 4.72 Å². The lowest BCUT2D eigenvalue weighted by Gasteiger charge is -2.12. The van der Waals surface area contributed by atoms with Crippen LogP contribution in [0.4, 0.5) is 5.69 Å². The summed E-state index contributed by atoms with van der Waals surface area (Å²) < 4.78 is 38.7. The van der Waals surface area contributed by atoms with Crippen molar-refractivity contribution in [3.05, 3.63) is 64.9 Å². The third-order valence-electron chi connectivity index (χ3n) is 3.79. The van der Waals surface area contributed by atoms with Gasteiger partial charge >= 0.3 is 5.97 Å². The summed E-state index contributed by atoms with van der Waals surface area (Å²) in [6, 6.07) is 15.5. The van der Waals surface area contributed by atoms with E-state index < -0.39 is 16.0 Å². The minimum Gasteiger partial charge on any atom is -0.497 e. The van der Waals surface area contributed by atoms with Crippen LogP contribution in [0.25, 0.3) is 11.1 Å². The lowest BCUT2D eigenvalue weighted by Crippen LogP contribution is -2.16. The smallest absolute Gasteiger partial charge is 0.349 e. The third kappa shape index (κ3) is 3.96. The molecule has 1 N–H and O–H groups in total. The highest BCUT2D eigenvalue weighted by Crippen LogP contribution is 2.36. The molecule has 6 nitrogen and oxygen atoms in total. The number of esters is 1. The van der Waals surface area contributed by atoms with Crippen LogP contribution in [0.2, 0.25) is 0 Å². The molecule has 0 aliphatic heterocycles. The van der Waals surface area contributed by atoms with Crippen LogP contribution in [0, 0.1) is 0 Å². The molecule has 3 aromatic rings. The Hall–Kier alpha value is -2.84. The first-order valence-electron chi connectivity index (χ1n) is 7.88. The maximum atomic E-state index is 13.1. The van der Waals surface area contributed by atoms with E-state index in [0.29, 0.717) is 22.6 Å². The van der Waals surface area contributed by atoms with Gasteiger partial charge in [0.05, 0.1) is 19.9 Å². The highest BCUT2D eigenvalue weighted by molar-refractivity contribution is 7.93. The van der Waals surface area contributed by atoms with Gasteiger partial charge in [-0.3, -0.25) is 4.72 Å². The number of hydrogen-bond acceptors (Lipinski definition) is 6. The van der Waals surface area contributed by atoms with Crippen LogP contribution >= 0.6 is 11.3 Å². The second-order valence-electron chi connectivity index (χ2n) is 5.50. The van der Waals surface area contributed by atoms with Crippen LogP contribution in [-0.2, 0) is 14.8 Å². The summed E-state index contributed by atoms with van der Waals surface area (Å²) in [5.74, 6) is -0.190. The minimum atomic E-state index is -4.06. The van der Waals surface area contributed by atoms with Crippen LogP contribution in [-0.4, -0.2) is 28.6 Å². The molecule has 0 fully saturated rings. The van der Waals surface area contributed by atoms with Crippen molar-refractivity contribution in [2.24, 2.45) is 0 Å². The standard InChI is InChI=1S/C19H17NO5S2/c1-24-15-10-6-9-14(11-15)20-27(22,23)18-16(13-7-4-3-5-8-13)12-26-17(18)19(21)25-2/h3-12,20H,1-2H3. The third-order valence-corrected chi connectivity index (χ3v) is 6.35. The highest BCUT2D eigenvalue weighted by atomic mass is 32.2. The quantitative estimate of drug-likeness (QED) is 0.629. The van der Waals surface area contributed by atoms with Crippen molar-refractivity contribution in [3.63, 3.8) is 0 Å². The Labute approximate surface area is 161 Å². The molecule has 0 saturated carbocycles. The van der Waals surface area contributed by atoms with E-state index in [0.717, 1.165) is 11.3 Å². The monoisotopic (exact) mass is 403 g/mol. The number of carbonyl (C=O) groups is 1. The largest absolute Gasteiger partial charge is 0.497 e. The Bertz CT molecular complexity index is 1060. The number of rotatable bonds is 6. The Balaban J connectivity index is 2.12. The summed E-state index contributed by atoms with van der Waals surface area (Å²) >= 11 is 1.03. The molecule has 0 amide bonds. The number of anilines is 1. The summed E-state index contributed by atoms with van der Waals surface area (Å²) in [6.45, 7) is 0. The minimum absolute atomic E-state index is 0.0201. The van der Waals surface area contributed by atoms with Crippen molar-refractivity contribution in [2.75, 3.05) is 18.9 Å². The lowest BCUT2D eigenvalue weighted by molar-refractivity contribution is 0.0602. The molecule has 0 aliphatic carbocycles. The van der Waals surface area contributed by atoms with Gasteiger partial charge < -0.3 is 9.47 Å². The van der Waals surface area contributed by atoms with Crippen LogP contribution in [0.3, 0.4) is 0 Å². The van der Waals surface area contributed by atoms with Gasteiger partial charge in [-0.25, -0.2) is 13.2 Å². The van der Waals surface area contributed by atoms with Gasteiger partial charge in [-0.05, 0) is 17.7 Å². The summed E-state index contributed by atoms with van der Waals surface area (Å²) in [7, 11) is -1.34. The van der Waals surface area contributed by atoms with Gasteiger partial charge in [0, 0.05) is 17.0 Å². The molecule has 8 heteroatoms. The normalized spacial score (nSPS) is 11.0. The molecule has 140 valence electrons. The molecule has 0 saturated heterocycles. The van der Waals surface area contributed by atoms with Crippen molar-refractivity contribution in [1.82, 2.24) is 0 Å². The number of benzene rings is 2. The maximum Gasteiger partial charge on any atom is 0.349 e. The van der Waals surface area contributed by atoms with Gasteiger partial charge in [0.15, 0.2) is 0 Å². The van der Waals surface area contributed by atoms with E-state index in [1.165, 1.54) is 14.2 Å². The first kappa shape index (κ1) is 18.9. The summed E-state index contributed by atoms with van der Waals surface area (Å²) in [5.41, 5.74) is 1.46. The topological polar surface area (TPSA) is 81.7 Å². The highest BCUT2D eigenvalue weighted by Gasteiger charge is 2.30. The van der Waals surface area contributed by atoms with Crippen LogP contribution < -0.4 is 9.46 Å². The predicted molar refractivity (Wildman–Crippen MR) is 105 cm³/mol. The fraction of sp³-hybridized carbons (Fsp3) is 0.105. The van der Waals surface area contributed by atoms with Crippen molar-refractivity contribution in [3.8, 4) is 16.9 Å². The zero-order chi connectivity index (χ0) is 19.4. The predicted octanol–water partition coefficient (Wildman–Crippen LogP) is 4.01. The number of nitrogens with one attached hydrogen (secondary N) is 1. The molecule has 1 aromatic heterocycles. The number of sulfonamides is 1. The molecule has 0 unspecified atom stereocenters. The first-order valence-corrected chi connectivity index (χ1v) is 10.2.